The van der Waals surface area contributed by atoms with Crippen molar-refractivity contribution >= 4 is 27.3 Å². The summed E-state index contributed by atoms with van der Waals surface area (Å²) in [5.41, 5.74) is 3.32. The lowest BCUT2D eigenvalue weighted by Crippen LogP contribution is -2.35. The minimum absolute atomic E-state index is 0.00807. The van der Waals surface area contributed by atoms with E-state index in [2.05, 4.69) is 5.32 Å². The van der Waals surface area contributed by atoms with Crippen LogP contribution in [0.4, 0.5) is 0 Å². The zero-order valence-electron chi connectivity index (χ0n) is 13.5. The number of sulfone groups is 1. The first kappa shape index (κ1) is 17.0. The third-order valence-electron chi connectivity index (χ3n) is 4.29. The van der Waals surface area contributed by atoms with E-state index < -0.39 is 9.84 Å². The average Bonchev–Trinajstić information content (AvgIpc) is 3.02. The van der Waals surface area contributed by atoms with Crippen LogP contribution >= 0.6 is 11.6 Å². The monoisotopic (exact) mass is 366 g/mol. The molecule has 0 aliphatic carbocycles. The number of nitrogens with one attached hydrogen (secondary N) is 1. The van der Waals surface area contributed by atoms with Crippen LogP contribution in [0, 0.1) is 13.8 Å². The van der Waals surface area contributed by atoms with Crippen LogP contribution in [0.1, 0.15) is 28.2 Å². The van der Waals surface area contributed by atoms with Crippen molar-refractivity contribution in [2.75, 3.05) is 11.5 Å². The van der Waals surface area contributed by atoms with E-state index >= 15 is 0 Å². The summed E-state index contributed by atoms with van der Waals surface area (Å²) in [6, 6.07) is 8.95. The Morgan fingerprint density at radius 1 is 1.21 bits per heavy atom. The van der Waals surface area contributed by atoms with Crippen molar-refractivity contribution < 1.29 is 13.2 Å². The Bertz CT molecular complexity index is 883. The van der Waals surface area contributed by atoms with Crippen LogP contribution in [0.15, 0.2) is 30.3 Å². The predicted molar refractivity (Wildman–Crippen MR) is 94.8 cm³/mol. The summed E-state index contributed by atoms with van der Waals surface area (Å²) in [4.78, 5) is 12.5. The van der Waals surface area contributed by atoms with Gasteiger partial charge in [-0.15, -0.1) is 0 Å². The number of hydrogen-bond acceptors (Lipinski definition) is 3. The molecule has 0 radical (unpaired) electrons. The number of carbonyl (C=O) groups excluding carboxylic acids is 1. The number of rotatable bonds is 3. The third kappa shape index (κ3) is 3.35. The molecule has 1 saturated heterocycles. The van der Waals surface area contributed by atoms with Gasteiger partial charge in [0.2, 0.25) is 0 Å². The van der Waals surface area contributed by atoms with Gasteiger partial charge in [-0.2, -0.15) is 0 Å². The maximum absolute atomic E-state index is 12.5. The summed E-state index contributed by atoms with van der Waals surface area (Å²) >= 11 is 6.19. The molecular formula is C17H19ClN2O3S. The largest absolute Gasteiger partial charge is 0.348 e. The minimum Gasteiger partial charge on any atom is -0.348 e. The van der Waals surface area contributed by atoms with Gasteiger partial charge < -0.3 is 9.88 Å². The highest BCUT2D eigenvalue weighted by atomic mass is 35.5. The topological polar surface area (TPSA) is 68.2 Å². The first-order valence-electron chi connectivity index (χ1n) is 7.73. The molecule has 2 heterocycles. The van der Waals surface area contributed by atoms with Crippen LogP contribution in [-0.2, 0) is 9.84 Å². The third-order valence-corrected chi connectivity index (χ3v) is 6.39. The molecule has 0 spiro atoms. The van der Waals surface area contributed by atoms with E-state index in [0.717, 1.165) is 17.1 Å². The molecule has 0 unspecified atom stereocenters. The van der Waals surface area contributed by atoms with Crippen molar-refractivity contribution in [2.45, 2.75) is 26.3 Å². The Kier molecular flexibility index (Phi) is 4.44. The van der Waals surface area contributed by atoms with Gasteiger partial charge in [0.15, 0.2) is 9.84 Å². The summed E-state index contributed by atoms with van der Waals surface area (Å²) in [6.45, 7) is 3.98. The lowest BCUT2D eigenvalue weighted by Gasteiger charge is -2.14. The Labute approximate surface area is 146 Å². The maximum Gasteiger partial charge on any atom is 0.253 e. The number of halogens is 1. The van der Waals surface area contributed by atoms with E-state index in [1.165, 1.54) is 0 Å². The second-order valence-corrected chi connectivity index (χ2v) is 8.82. The number of nitrogens with zero attached hydrogens (tertiary/aromatic N) is 1. The molecule has 0 saturated carbocycles. The second-order valence-electron chi connectivity index (χ2n) is 6.19. The molecule has 7 heteroatoms. The van der Waals surface area contributed by atoms with Crippen LogP contribution in [0.3, 0.4) is 0 Å². The number of aryl methyl sites for hydroxylation is 2. The summed E-state index contributed by atoms with van der Waals surface area (Å²) in [5, 5.41) is 3.13. The molecule has 5 nitrogen and oxygen atoms in total. The average molecular weight is 367 g/mol. The molecule has 0 bridgehead atoms. The van der Waals surface area contributed by atoms with Crippen LogP contribution in [-0.4, -0.2) is 36.4 Å². The zero-order chi connectivity index (χ0) is 17.5. The standard InChI is InChI=1S/C17H19ClN2O3S/c1-11-3-4-12(2)20(11)14-5-6-16(18)15(9-14)17(21)19-13-7-8-24(22,23)10-13/h3-6,9,13H,7-8,10H2,1-2H3,(H,19,21)/t13-/m0/s1. The minimum atomic E-state index is -3.04. The molecule has 1 aromatic heterocycles. The van der Waals surface area contributed by atoms with Crippen LogP contribution in [0.5, 0.6) is 0 Å². The van der Waals surface area contributed by atoms with Crippen molar-refractivity contribution in [3.63, 3.8) is 0 Å². The summed E-state index contributed by atoms with van der Waals surface area (Å²) < 4.78 is 25.1. The van der Waals surface area contributed by atoms with Crippen LogP contribution < -0.4 is 5.32 Å². The zero-order valence-corrected chi connectivity index (χ0v) is 15.1. The number of aromatic nitrogens is 1. The fourth-order valence-electron chi connectivity index (χ4n) is 3.07. The highest BCUT2D eigenvalue weighted by molar-refractivity contribution is 7.91. The molecule has 128 valence electrons. The van der Waals surface area contributed by atoms with E-state index in [9.17, 15) is 13.2 Å². The molecule has 1 atom stereocenters. The van der Waals surface area contributed by atoms with Gasteiger partial charge in [0, 0.05) is 23.1 Å². The molecule has 1 fully saturated rings. The molecule has 1 aromatic carbocycles. The number of hydrogen-bond donors (Lipinski definition) is 1. The van der Waals surface area contributed by atoms with Crippen molar-refractivity contribution in [1.82, 2.24) is 9.88 Å². The van der Waals surface area contributed by atoms with Gasteiger partial charge in [0.05, 0.1) is 22.1 Å². The summed E-state index contributed by atoms with van der Waals surface area (Å²) in [5.74, 6) is -0.231. The van der Waals surface area contributed by atoms with Crippen molar-refractivity contribution in [3.05, 3.63) is 52.3 Å². The highest BCUT2D eigenvalue weighted by Crippen LogP contribution is 2.23. The fraction of sp³-hybridized carbons (Fsp3) is 0.353. The van der Waals surface area contributed by atoms with Crippen molar-refractivity contribution in [3.8, 4) is 5.69 Å². The van der Waals surface area contributed by atoms with Crippen LogP contribution in [0.2, 0.25) is 5.02 Å². The van der Waals surface area contributed by atoms with Gasteiger partial charge in [-0.25, -0.2) is 8.42 Å². The SMILES string of the molecule is Cc1ccc(C)n1-c1ccc(Cl)c(C(=O)N[C@H]2CCS(=O)(=O)C2)c1. The van der Waals surface area contributed by atoms with Crippen LogP contribution in [0.25, 0.3) is 5.69 Å². The molecular weight excluding hydrogens is 348 g/mol. The van der Waals surface area contributed by atoms with Gasteiger partial charge >= 0.3 is 0 Å². The highest BCUT2D eigenvalue weighted by Gasteiger charge is 2.29. The smallest absolute Gasteiger partial charge is 0.253 e. The predicted octanol–water partition coefficient (Wildman–Crippen LogP) is 2.66. The molecule has 1 amide bonds. The van der Waals surface area contributed by atoms with Crippen molar-refractivity contribution in [2.24, 2.45) is 0 Å². The molecule has 1 aliphatic heterocycles. The fourth-order valence-corrected chi connectivity index (χ4v) is 4.95. The summed E-state index contributed by atoms with van der Waals surface area (Å²) in [6.07, 6.45) is 0.446. The summed E-state index contributed by atoms with van der Waals surface area (Å²) in [7, 11) is -3.04. The molecule has 24 heavy (non-hydrogen) atoms. The lowest BCUT2D eigenvalue weighted by molar-refractivity contribution is 0.0941. The Morgan fingerprint density at radius 3 is 2.46 bits per heavy atom. The second kappa shape index (κ2) is 6.26. The molecule has 1 aliphatic rings. The maximum atomic E-state index is 12.5. The quantitative estimate of drug-likeness (QED) is 0.908. The molecule has 1 N–H and O–H groups in total. The molecule has 3 rings (SSSR count). The Hall–Kier alpha value is -1.79. The van der Waals surface area contributed by atoms with E-state index in [0.29, 0.717) is 17.0 Å². The van der Waals surface area contributed by atoms with Gasteiger partial charge in [-0.1, -0.05) is 11.6 Å². The van der Waals surface area contributed by atoms with Gasteiger partial charge in [0.1, 0.15) is 0 Å². The first-order valence-corrected chi connectivity index (χ1v) is 9.93. The van der Waals surface area contributed by atoms with Gasteiger partial charge in [-0.3, -0.25) is 4.79 Å². The van der Waals surface area contributed by atoms with E-state index in [4.69, 9.17) is 11.6 Å². The van der Waals surface area contributed by atoms with Gasteiger partial charge in [-0.05, 0) is 50.6 Å². The van der Waals surface area contributed by atoms with Crippen molar-refractivity contribution in [1.29, 1.82) is 0 Å². The first-order chi connectivity index (χ1) is 11.3. The van der Waals surface area contributed by atoms with E-state index in [-0.39, 0.29) is 23.5 Å². The van der Waals surface area contributed by atoms with Gasteiger partial charge in [0.25, 0.3) is 5.91 Å². The Balaban J connectivity index is 1.88. The lowest BCUT2D eigenvalue weighted by atomic mass is 10.1. The Morgan fingerprint density at radius 2 is 1.88 bits per heavy atom. The molecule has 2 aromatic rings. The number of amides is 1. The number of benzene rings is 1. The van der Waals surface area contributed by atoms with E-state index in [1.54, 1.807) is 12.1 Å². The normalized spacial score (nSPS) is 19.4. The van der Waals surface area contributed by atoms with E-state index in [1.807, 2.05) is 36.6 Å². The number of carbonyl (C=O) groups is 1.